The van der Waals surface area contributed by atoms with Gasteiger partial charge in [0.05, 0.1) is 11.2 Å². The predicted octanol–water partition coefficient (Wildman–Crippen LogP) is 1.72. The molecule has 2 aromatic heterocycles. The molecule has 0 amide bonds. The Morgan fingerprint density at radius 3 is 2.33 bits per heavy atom. The highest BCUT2D eigenvalue weighted by atomic mass is 16.7. The highest BCUT2D eigenvalue weighted by molar-refractivity contribution is 6.62. The SMILES string of the molecule is Cc1cc(Nc2cc(B3OC(C)(C)C(C)(C)O3)cn(C)c2=O)no1. The van der Waals surface area contributed by atoms with Gasteiger partial charge >= 0.3 is 7.12 Å². The topological polar surface area (TPSA) is 78.5 Å². The number of anilines is 2. The Balaban J connectivity index is 1.95. The molecule has 0 spiro atoms. The Hall–Kier alpha value is -2.06. The van der Waals surface area contributed by atoms with Gasteiger partial charge in [0.15, 0.2) is 5.82 Å². The Morgan fingerprint density at radius 2 is 1.79 bits per heavy atom. The van der Waals surface area contributed by atoms with E-state index in [4.69, 9.17) is 13.8 Å². The normalized spacial score (nSPS) is 18.8. The summed E-state index contributed by atoms with van der Waals surface area (Å²) >= 11 is 0. The summed E-state index contributed by atoms with van der Waals surface area (Å²) in [4.78, 5) is 12.4. The molecule has 3 rings (SSSR count). The molecular formula is C16H22BN3O4. The Labute approximate surface area is 141 Å². The molecule has 1 saturated heterocycles. The highest BCUT2D eigenvalue weighted by Gasteiger charge is 2.51. The number of rotatable bonds is 3. The summed E-state index contributed by atoms with van der Waals surface area (Å²) in [6.07, 6.45) is 1.73. The fourth-order valence-electron chi connectivity index (χ4n) is 2.50. The van der Waals surface area contributed by atoms with Crippen LogP contribution >= 0.6 is 0 Å². The maximum atomic E-state index is 12.4. The van der Waals surface area contributed by atoms with Gasteiger partial charge in [0.1, 0.15) is 11.4 Å². The monoisotopic (exact) mass is 331 g/mol. The Bertz CT molecular complexity index is 809. The van der Waals surface area contributed by atoms with Crippen molar-refractivity contribution in [3.63, 3.8) is 0 Å². The van der Waals surface area contributed by atoms with Crippen LogP contribution in [0.4, 0.5) is 11.5 Å². The quantitative estimate of drug-likeness (QED) is 0.863. The van der Waals surface area contributed by atoms with Crippen molar-refractivity contribution in [2.75, 3.05) is 5.32 Å². The number of nitrogens with zero attached hydrogens (tertiary/aromatic N) is 2. The van der Waals surface area contributed by atoms with E-state index in [1.165, 1.54) is 4.57 Å². The number of aromatic nitrogens is 2. The molecule has 0 atom stereocenters. The van der Waals surface area contributed by atoms with E-state index in [9.17, 15) is 4.79 Å². The minimum Gasteiger partial charge on any atom is -0.399 e. The van der Waals surface area contributed by atoms with E-state index in [1.54, 1.807) is 32.3 Å². The molecule has 0 aromatic carbocycles. The molecule has 0 saturated carbocycles. The summed E-state index contributed by atoms with van der Waals surface area (Å²) in [5.41, 5.74) is 0.0965. The molecule has 0 unspecified atom stereocenters. The third-order valence-corrected chi connectivity index (χ3v) is 4.62. The summed E-state index contributed by atoms with van der Waals surface area (Å²) in [5, 5.41) is 6.85. The fourth-order valence-corrected chi connectivity index (χ4v) is 2.50. The molecule has 0 bridgehead atoms. The van der Waals surface area contributed by atoms with Crippen LogP contribution in [0.25, 0.3) is 0 Å². The summed E-state index contributed by atoms with van der Waals surface area (Å²) in [5.74, 6) is 1.15. The van der Waals surface area contributed by atoms with Crippen LogP contribution in [0.15, 0.2) is 27.6 Å². The fraction of sp³-hybridized carbons (Fsp3) is 0.500. The van der Waals surface area contributed by atoms with Crippen LogP contribution in [0.3, 0.4) is 0 Å². The maximum absolute atomic E-state index is 12.4. The van der Waals surface area contributed by atoms with Crippen LogP contribution in [-0.4, -0.2) is 28.0 Å². The van der Waals surface area contributed by atoms with Crippen molar-refractivity contribution in [3.8, 4) is 0 Å². The van der Waals surface area contributed by atoms with E-state index in [-0.39, 0.29) is 5.56 Å². The first-order valence-corrected chi connectivity index (χ1v) is 7.86. The lowest BCUT2D eigenvalue weighted by Crippen LogP contribution is -2.41. The third kappa shape index (κ3) is 2.87. The molecule has 1 fully saturated rings. The van der Waals surface area contributed by atoms with E-state index in [0.29, 0.717) is 17.3 Å². The molecule has 1 N–H and O–H groups in total. The van der Waals surface area contributed by atoms with Crippen LogP contribution in [0.5, 0.6) is 0 Å². The van der Waals surface area contributed by atoms with Crippen LogP contribution in [-0.2, 0) is 16.4 Å². The summed E-state index contributed by atoms with van der Waals surface area (Å²) in [6, 6.07) is 3.45. The Morgan fingerprint density at radius 1 is 1.17 bits per heavy atom. The average Bonchev–Trinajstić information content (AvgIpc) is 2.96. The van der Waals surface area contributed by atoms with Crippen LogP contribution in [0.2, 0.25) is 0 Å². The summed E-state index contributed by atoms with van der Waals surface area (Å²) in [7, 11) is 1.15. The first-order valence-electron chi connectivity index (χ1n) is 7.86. The standard InChI is InChI=1S/C16H22BN3O4/c1-10-7-13(19-22-10)18-12-8-11(9-20(6)14(12)21)17-23-15(2,3)16(4,5)24-17/h7-9H,1-6H3,(H,18,19). The van der Waals surface area contributed by atoms with E-state index in [2.05, 4.69) is 10.5 Å². The Kier molecular flexibility index (Phi) is 3.84. The van der Waals surface area contributed by atoms with Gasteiger partial charge in [-0.1, -0.05) is 5.16 Å². The van der Waals surface area contributed by atoms with Crippen molar-refractivity contribution in [2.24, 2.45) is 7.05 Å². The average molecular weight is 331 g/mol. The van der Waals surface area contributed by atoms with E-state index >= 15 is 0 Å². The van der Waals surface area contributed by atoms with Crippen molar-refractivity contribution in [1.29, 1.82) is 0 Å². The molecule has 1 aliphatic rings. The maximum Gasteiger partial charge on any atom is 0.496 e. The van der Waals surface area contributed by atoms with Gasteiger partial charge in [0.2, 0.25) is 0 Å². The van der Waals surface area contributed by atoms with E-state index < -0.39 is 18.3 Å². The van der Waals surface area contributed by atoms with E-state index in [1.807, 2.05) is 27.7 Å². The van der Waals surface area contributed by atoms with Gasteiger partial charge < -0.3 is 23.7 Å². The molecule has 7 nitrogen and oxygen atoms in total. The summed E-state index contributed by atoms with van der Waals surface area (Å²) in [6.45, 7) is 9.76. The molecular weight excluding hydrogens is 309 g/mol. The molecule has 24 heavy (non-hydrogen) atoms. The first-order chi connectivity index (χ1) is 11.1. The largest absolute Gasteiger partial charge is 0.496 e. The molecule has 2 aromatic rings. The zero-order valence-corrected chi connectivity index (χ0v) is 14.8. The zero-order valence-electron chi connectivity index (χ0n) is 14.8. The van der Waals surface area contributed by atoms with Crippen molar-refractivity contribution in [3.05, 3.63) is 34.4 Å². The van der Waals surface area contributed by atoms with Crippen molar-refractivity contribution in [2.45, 2.75) is 45.8 Å². The van der Waals surface area contributed by atoms with Gasteiger partial charge in [-0.2, -0.15) is 0 Å². The van der Waals surface area contributed by atoms with Crippen molar-refractivity contribution in [1.82, 2.24) is 9.72 Å². The highest BCUT2D eigenvalue weighted by Crippen LogP contribution is 2.36. The van der Waals surface area contributed by atoms with Gasteiger partial charge in [-0.25, -0.2) is 0 Å². The third-order valence-electron chi connectivity index (χ3n) is 4.62. The summed E-state index contributed by atoms with van der Waals surface area (Å²) < 4.78 is 18.6. The lowest BCUT2D eigenvalue weighted by atomic mass is 9.80. The number of hydrogen-bond donors (Lipinski definition) is 1. The van der Waals surface area contributed by atoms with Gasteiger partial charge in [0, 0.05) is 24.8 Å². The van der Waals surface area contributed by atoms with E-state index in [0.717, 1.165) is 5.46 Å². The van der Waals surface area contributed by atoms with Gasteiger partial charge in [0.25, 0.3) is 5.56 Å². The van der Waals surface area contributed by atoms with Crippen molar-refractivity contribution >= 4 is 24.1 Å². The van der Waals surface area contributed by atoms with Crippen molar-refractivity contribution < 1.29 is 13.8 Å². The molecule has 8 heteroatoms. The van der Waals surface area contributed by atoms with Gasteiger partial charge in [-0.3, -0.25) is 4.79 Å². The molecule has 128 valence electrons. The molecule has 0 aliphatic carbocycles. The second kappa shape index (κ2) is 5.49. The van der Waals surface area contributed by atoms with Gasteiger partial charge in [-0.15, -0.1) is 0 Å². The van der Waals surface area contributed by atoms with Crippen LogP contribution in [0, 0.1) is 6.92 Å². The smallest absolute Gasteiger partial charge is 0.399 e. The van der Waals surface area contributed by atoms with Crippen LogP contribution in [0.1, 0.15) is 33.5 Å². The number of aryl methyl sites for hydroxylation is 2. The zero-order chi connectivity index (χ0) is 17.7. The lowest BCUT2D eigenvalue weighted by Gasteiger charge is -2.32. The minimum atomic E-state index is -0.540. The molecule has 1 aliphatic heterocycles. The second-order valence-corrected chi connectivity index (χ2v) is 7.14. The predicted molar refractivity (Wildman–Crippen MR) is 91.9 cm³/mol. The number of nitrogens with one attached hydrogen (secondary N) is 1. The second-order valence-electron chi connectivity index (χ2n) is 7.14. The molecule has 3 heterocycles. The lowest BCUT2D eigenvalue weighted by molar-refractivity contribution is 0.00578. The van der Waals surface area contributed by atoms with Gasteiger partial charge in [-0.05, 0) is 40.7 Å². The molecule has 0 radical (unpaired) electrons. The van der Waals surface area contributed by atoms with Crippen LogP contribution < -0.4 is 16.3 Å². The first kappa shape index (κ1) is 16.8. The number of pyridine rings is 1. The minimum absolute atomic E-state index is 0.170. The number of hydrogen-bond acceptors (Lipinski definition) is 6.